The van der Waals surface area contributed by atoms with Crippen LogP contribution in [-0.4, -0.2) is 35.8 Å². The van der Waals surface area contributed by atoms with E-state index in [1.807, 2.05) is 18.2 Å². The van der Waals surface area contributed by atoms with Crippen LogP contribution < -0.4 is 9.91 Å². The number of rotatable bonds is 4. The molecule has 2 aromatic carbocycles. The number of nitrogens with zero attached hydrogens (tertiary/aromatic N) is 3. The third kappa shape index (κ3) is 3.41. The Morgan fingerprint density at radius 2 is 1.79 bits per heavy atom. The SMILES string of the molecule is CC1=NN(c2cccc(C(=O)O)c2)C(=O)/C1=C\c1ccc(N2CCCC2)cc1. The fourth-order valence-corrected chi connectivity index (χ4v) is 3.55. The average Bonchev–Trinajstić information content (AvgIpc) is 3.33. The van der Waals surface area contributed by atoms with Crippen molar-refractivity contribution in [1.82, 2.24) is 0 Å². The van der Waals surface area contributed by atoms with E-state index in [-0.39, 0.29) is 11.5 Å². The lowest BCUT2D eigenvalue weighted by Gasteiger charge is -2.17. The molecule has 1 N–H and O–H groups in total. The Balaban J connectivity index is 1.57. The molecule has 6 heteroatoms. The minimum atomic E-state index is -1.04. The second kappa shape index (κ2) is 7.31. The van der Waals surface area contributed by atoms with Crippen molar-refractivity contribution in [1.29, 1.82) is 0 Å². The third-order valence-corrected chi connectivity index (χ3v) is 5.08. The van der Waals surface area contributed by atoms with E-state index >= 15 is 0 Å². The zero-order chi connectivity index (χ0) is 19.7. The predicted molar refractivity (Wildman–Crippen MR) is 110 cm³/mol. The maximum atomic E-state index is 12.9. The maximum absolute atomic E-state index is 12.9. The minimum Gasteiger partial charge on any atom is -0.478 e. The van der Waals surface area contributed by atoms with Crippen molar-refractivity contribution in [3.63, 3.8) is 0 Å². The molecule has 0 atom stereocenters. The number of carboxylic acid groups (broad SMARTS) is 1. The van der Waals surface area contributed by atoms with Crippen LogP contribution in [0.25, 0.3) is 6.08 Å². The second-order valence-corrected chi connectivity index (χ2v) is 7.00. The Kier molecular flexibility index (Phi) is 4.69. The summed E-state index contributed by atoms with van der Waals surface area (Å²) in [4.78, 5) is 26.4. The zero-order valence-electron chi connectivity index (χ0n) is 15.6. The summed E-state index contributed by atoms with van der Waals surface area (Å²) in [6.07, 6.45) is 4.29. The van der Waals surface area contributed by atoms with E-state index in [4.69, 9.17) is 5.11 Å². The maximum Gasteiger partial charge on any atom is 0.335 e. The number of carbonyl (C=O) groups is 2. The lowest BCUT2D eigenvalue weighted by Crippen LogP contribution is -2.21. The van der Waals surface area contributed by atoms with Crippen molar-refractivity contribution in [2.45, 2.75) is 19.8 Å². The molecular formula is C22H21N3O3. The summed E-state index contributed by atoms with van der Waals surface area (Å²) >= 11 is 0. The molecule has 1 amide bonds. The zero-order valence-corrected chi connectivity index (χ0v) is 15.6. The lowest BCUT2D eigenvalue weighted by molar-refractivity contribution is -0.114. The van der Waals surface area contributed by atoms with Crippen molar-refractivity contribution < 1.29 is 14.7 Å². The van der Waals surface area contributed by atoms with E-state index in [1.165, 1.54) is 35.7 Å². The topological polar surface area (TPSA) is 73.2 Å². The molecule has 2 aliphatic rings. The van der Waals surface area contributed by atoms with Crippen molar-refractivity contribution in [2.75, 3.05) is 23.0 Å². The largest absolute Gasteiger partial charge is 0.478 e. The fourth-order valence-electron chi connectivity index (χ4n) is 3.55. The van der Waals surface area contributed by atoms with Crippen molar-refractivity contribution in [2.24, 2.45) is 5.10 Å². The number of anilines is 2. The van der Waals surface area contributed by atoms with E-state index in [2.05, 4.69) is 22.1 Å². The first-order chi connectivity index (χ1) is 13.5. The second-order valence-electron chi connectivity index (χ2n) is 7.00. The van der Waals surface area contributed by atoms with Gasteiger partial charge in [-0.25, -0.2) is 4.79 Å². The van der Waals surface area contributed by atoms with Gasteiger partial charge >= 0.3 is 5.97 Å². The molecule has 2 aromatic rings. The summed E-state index contributed by atoms with van der Waals surface area (Å²) in [6, 6.07) is 14.4. The fraction of sp³-hybridized carbons (Fsp3) is 0.227. The first kappa shape index (κ1) is 18.0. The Hall–Kier alpha value is -3.41. The van der Waals surface area contributed by atoms with Crippen LogP contribution >= 0.6 is 0 Å². The van der Waals surface area contributed by atoms with Crippen LogP contribution in [0.5, 0.6) is 0 Å². The molecule has 0 aromatic heterocycles. The molecule has 0 radical (unpaired) electrons. The normalized spacial score (nSPS) is 18.1. The summed E-state index contributed by atoms with van der Waals surface area (Å²) in [5.74, 6) is -1.30. The molecule has 1 saturated heterocycles. The Labute approximate surface area is 163 Å². The van der Waals surface area contributed by atoms with Crippen molar-refractivity contribution in [3.8, 4) is 0 Å². The standard InChI is InChI=1S/C22H21N3O3/c1-15-20(13-16-7-9-18(10-8-16)24-11-2-3-12-24)21(26)25(23-15)19-6-4-5-17(14-19)22(27)28/h4-10,13-14H,2-3,11-12H2,1H3,(H,27,28)/b20-13-. The third-order valence-electron chi connectivity index (χ3n) is 5.08. The van der Waals surface area contributed by atoms with Gasteiger partial charge in [0.1, 0.15) is 0 Å². The van der Waals surface area contributed by atoms with E-state index in [0.717, 1.165) is 18.7 Å². The number of carboxylic acids is 1. The van der Waals surface area contributed by atoms with Crippen LogP contribution in [0.15, 0.2) is 59.2 Å². The molecule has 0 unspecified atom stereocenters. The highest BCUT2D eigenvalue weighted by molar-refractivity contribution is 6.32. The molecule has 0 bridgehead atoms. The molecule has 0 aliphatic carbocycles. The van der Waals surface area contributed by atoms with Gasteiger partial charge in [-0.2, -0.15) is 10.1 Å². The van der Waals surface area contributed by atoms with Gasteiger partial charge in [-0.3, -0.25) is 4.79 Å². The van der Waals surface area contributed by atoms with E-state index in [1.54, 1.807) is 19.1 Å². The molecule has 4 rings (SSSR count). The number of carbonyl (C=O) groups excluding carboxylic acids is 1. The predicted octanol–water partition coefficient (Wildman–Crippen LogP) is 3.79. The molecule has 0 spiro atoms. The molecule has 6 nitrogen and oxygen atoms in total. The van der Waals surface area contributed by atoms with Crippen LogP contribution in [0.2, 0.25) is 0 Å². The summed E-state index contributed by atoms with van der Waals surface area (Å²) in [7, 11) is 0. The number of amides is 1. The average molecular weight is 375 g/mol. The molecule has 2 aliphatic heterocycles. The highest BCUT2D eigenvalue weighted by atomic mass is 16.4. The van der Waals surface area contributed by atoms with E-state index < -0.39 is 5.97 Å². The highest BCUT2D eigenvalue weighted by Crippen LogP contribution is 2.27. The van der Waals surface area contributed by atoms with Crippen LogP contribution in [0.1, 0.15) is 35.7 Å². The van der Waals surface area contributed by atoms with Gasteiger partial charge < -0.3 is 10.0 Å². The Morgan fingerprint density at radius 1 is 1.07 bits per heavy atom. The van der Waals surface area contributed by atoms with Gasteiger partial charge in [-0.1, -0.05) is 18.2 Å². The highest BCUT2D eigenvalue weighted by Gasteiger charge is 2.29. The van der Waals surface area contributed by atoms with Crippen LogP contribution in [0.3, 0.4) is 0 Å². The summed E-state index contributed by atoms with van der Waals surface area (Å²) in [5, 5.41) is 14.7. The number of hydrogen-bond acceptors (Lipinski definition) is 4. The number of benzene rings is 2. The van der Waals surface area contributed by atoms with Gasteiger partial charge in [0.25, 0.3) is 5.91 Å². The minimum absolute atomic E-state index is 0.119. The van der Waals surface area contributed by atoms with Gasteiger partial charge in [-0.15, -0.1) is 0 Å². The Bertz CT molecular complexity index is 986. The molecule has 0 saturated carbocycles. The summed E-state index contributed by atoms with van der Waals surface area (Å²) in [6.45, 7) is 3.97. The lowest BCUT2D eigenvalue weighted by atomic mass is 10.1. The van der Waals surface area contributed by atoms with Crippen LogP contribution in [-0.2, 0) is 4.79 Å². The van der Waals surface area contributed by atoms with E-state index in [0.29, 0.717) is 17.0 Å². The number of hydrogen-bond donors (Lipinski definition) is 1. The molecule has 28 heavy (non-hydrogen) atoms. The Morgan fingerprint density at radius 3 is 2.46 bits per heavy atom. The monoisotopic (exact) mass is 375 g/mol. The quantitative estimate of drug-likeness (QED) is 0.825. The van der Waals surface area contributed by atoms with Crippen molar-refractivity contribution in [3.05, 3.63) is 65.2 Å². The first-order valence-corrected chi connectivity index (χ1v) is 9.33. The first-order valence-electron chi connectivity index (χ1n) is 9.33. The van der Waals surface area contributed by atoms with Crippen LogP contribution in [0, 0.1) is 0 Å². The summed E-state index contributed by atoms with van der Waals surface area (Å²) < 4.78 is 0. The molecule has 1 fully saturated rings. The van der Waals surface area contributed by atoms with Gasteiger partial charge in [0.2, 0.25) is 0 Å². The van der Waals surface area contributed by atoms with Gasteiger partial charge in [0, 0.05) is 18.8 Å². The smallest absolute Gasteiger partial charge is 0.335 e. The van der Waals surface area contributed by atoms with E-state index in [9.17, 15) is 9.59 Å². The molecule has 2 heterocycles. The summed E-state index contributed by atoms with van der Waals surface area (Å²) in [5.41, 5.74) is 3.81. The van der Waals surface area contributed by atoms with Gasteiger partial charge in [0.05, 0.1) is 22.5 Å². The van der Waals surface area contributed by atoms with Gasteiger partial charge in [0.15, 0.2) is 0 Å². The number of hydrazone groups is 1. The molecule has 142 valence electrons. The molecular weight excluding hydrogens is 354 g/mol. The van der Waals surface area contributed by atoms with Crippen molar-refractivity contribution >= 4 is 35.0 Å². The van der Waals surface area contributed by atoms with Crippen LogP contribution in [0.4, 0.5) is 11.4 Å². The number of aromatic carboxylic acids is 1. The van der Waals surface area contributed by atoms with Gasteiger partial charge in [-0.05, 0) is 61.7 Å².